The summed E-state index contributed by atoms with van der Waals surface area (Å²) in [5.74, 6) is -0.552. The Balaban J connectivity index is 2.03. The molecule has 3 rings (SSSR count). The van der Waals surface area contributed by atoms with E-state index in [0.717, 1.165) is 19.3 Å². The molecule has 0 amide bonds. The second kappa shape index (κ2) is 8.55. The molecule has 0 saturated carbocycles. The largest absolute Gasteiger partial charge is 0.420 e. The van der Waals surface area contributed by atoms with Crippen LogP contribution in [-0.4, -0.2) is 15.7 Å². The first kappa shape index (κ1) is 19.4. The molecule has 27 heavy (non-hydrogen) atoms. The summed E-state index contributed by atoms with van der Waals surface area (Å²) >= 11 is 12.0. The quantitative estimate of drug-likeness (QED) is 0.325. The van der Waals surface area contributed by atoms with Crippen molar-refractivity contribution in [2.45, 2.75) is 32.7 Å². The highest BCUT2D eigenvalue weighted by atomic mass is 35.5. The Morgan fingerprint density at radius 1 is 1.11 bits per heavy atom. The van der Waals surface area contributed by atoms with E-state index in [1.54, 1.807) is 36.4 Å². The molecule has 0 unspecified atom stereocenters. The maximum absolute atomic E-state index is 12.8. The van der Waals surface area contributed by atoms with E-state index in [4.69, 9.17) is 27.9 Å². The summed E-state index contributed by atoms with van der Waals surface area (Å²) < 4.78 is 6.74. The highest BCUT2D eigenvalue weighted by Crippen LogP contribution is 2.28. The van der Waals surface area contributed by atoms with Gasteiger partial charge >= 0.3 is 5.97 Å². The van der Waals surface area contributed by atoms with Crippen LogP contribution in [0, 0.1) is 0 Å². The first-order chi connectivity index (χ1) is 13.0. The van der Waals surface area contributed by atoms with E-state index in [9.17, 15) is 9.59 Å². The van der Waals surface area contributed by atoms with E-state index >= 15 is 0 Å². The molecule has 1 aromatic heterocycles. The van der Waals surface area contributed by atoms with Crippen LogP contribution in [0.4, 0.5) is 0 Å². The molecule has 0 radical (unpaired) electrons. The van der Waals surface area contributed by atoms with Gasteiger partial charge in [-0.25, -0.2) is 9.48 Å². The molecule has 5 nitrogen and oxygen atoms in total. The van der Waals surface area contributed by atoms with E-state index in [1.807, 2.05) is 0 Å². The van der Waals surface area contributed by atoms with E-state index in [2.05, 4.69) is 12.0 Å². The molecule has 0 spiro atoms. The first-order valence-corrected chi connectivity index (χ1v) is 9.44. The van der Waals surface area contributed by atoms with Crippen molar-refractivity contribution in [2.75, 3.05) is 0 Å². The van der Waals surface area contributed by atoms with Crippen molar-refractivity contribution in [3.05, 3.63) is 68.6 Å². The normalized spacial score (nSPS) is 10.9. The molecule has 0 fully saturated rings. The number of esters is 1. The molecule has 0 aliphatic rings. The number of ether oxygens (including phenoxy) is 1. The molecule has 0 bridgehead atoms. The number of nitrogens with zero attached hydrogens (tertiary/aromatic N) is 2. The third kappa shape index (κ3) is 4.31. The number of hydrogen-bond donors (Lipinski definition) is 0. The van der Waals surface area contributed by atoms with E-state index in [-0.39, 0.29) is 22.0 Å². The number of unbranched alkanes of at least 4 members (excludes halogenated alkanes) is 2. The van der Waals surface area contributed by atoms with Gasteiger partial charge in [0.15, 0.2) is 11.4 Å². The number of carbonyl (C=O) groups excluding carboxylic acids is 1. The molecule has 0 aliphatic heterocycles. The van der Waals surface area contributed by atoms with Gasteiger partial charge in [-0.2, -0.15) is 5.10 Å². The van der Waals surface area contributed by atoms with Crippen LogP contribution in [0.2, 0.25) is 10.0 Å². The Labute approximate surface area is 166 Å². The SMILES string of the molecule is CCCCCn1nc(C(=O)Oc2cc(Cl)ccc2Cl)c2ccccc2c1=O. The zero-order chi connectivity index (χ0) is 19.4. The van der Waals surface area contributed by atoms with Crippen molar-refractivity contribution in [2.24, 2.45) is 0 Å². The molecule has 3 aromatic rings. The van der Waals surface area contributed by atoms with Crippen LogP contribution < -0.4 is 10.3 Å². The molecule has 0 aliphatic carbocycles. The van der Waals surface area contributed by atoms with E-state index in [1.165, 1.54) is 10.7 Å². The fourth-order valence-corrected chi connectivity index (χ4v) is 3.07. The second-order valence-corrected chi connectivity index (χ2v) is 6.94. The van der Waals surface area contributed by atoms with Crippen LogP contribution in [0.3, 0.4) is 0 Å². The Bertz CT molecular complexity index is 1050. The first-order valence-electron chi connectivity index (χ1n) is 8.68. The van der Waals surface area contributed by atoms with Gasteiger partial charge in [-0.15, -0.1) is 0 Å². The number of hydrogen-bond acceptors (Lipinski definition) is 4. The van der Waals surface area contributed by atoms with Gasteiger partial charge in [-0.1, -0.05) is 61.2 Å². The third-order valence-corrected chi connectivity index (χ3v) is 4.68. The second-order valence-electron chi connectivity index (χ2n) is 6.09. The van der Waals surface area contributed by atoms with Gasteiger partial charge in [0, 0.05) is 23.0 Å². The maximum Gasteiger partial charge on any atom is 0.364 e. The van der Waals surface area contributed by atoms with Gasteiger partial charge in [0.1, 0.15) is 0 Å². The molecule has 2 aromatic carbocycles. The fourth-order valence-electron chi connectivity index (χ4n) is 2.75. The third-order valence-electron chi connectivity index (χ3n) is 4.13. The van der Waals surface area contributed by atoms with Crippen LogP contribution >= 0.6 is 23.2 Å². The van der Waals surface area contributed by atoms with E-state index < -0.39 is 5.97 Å². The van der Waals surface area contributed by atoms with Crippen molar-refractivity contribution in [1.82, 2.24) is 9.78 Å². The number of aromatic nitrogens is 2. The minimum Gasteiger partial charge on any atom is -0.420 e. The summed E-state index contributed by atoms with van der Waals surface area (Å²) in [4.78, 5) is 25.4. The minimum atomic E-state index is -0.695. The Morgan fingerprint density at radius 3 is 2.59 bits per heavy atom. The van der Waals surface area contributed by atoms with Gasteiger partial charge in [0.25, 0.3) is 5.56 Å². The topological polar surface area (TPSA) is 61.2 Å². The highest BCUT2D eigenvalue weighted by Gasteiger charge is 2.19. The molecule has 140 valence electrons. The lowest BCUT2D eigenvalue weighted by Gasteiger charge is -2.11. The number of benzene rings is 2. The van der Waals surface area contributed by atoms with Gasteiger partial charge in [-0.05, 0) is 24.6 Å². The van der Waals surface area contributed by atoms with Gasteiger partial charge in [-0.3, -0.25) is 4.79 Å². The van der Waals surface area contributed by atoms with Crippen molar-refractivity contribution in [3.8, 4) is 5.75 Å². The lowest BCUT2D eigenvalue weighted by atomic mass is 10.1. The van der Waals surface area contributed by atoms with Gasteiger partial charge in [0.05, 0.1) is 10.4 Å². The summed E-state index contributed by atoms with van der Waals surface area (Å²) in [5.41, 5.74) is -0.156. The molecule has 0 N–H and O–H groups in total. The number of halogens is 2. The van der Waals surface area contributed by atoms with Crippen LogP contribution in [-0.2, 0) is 6.54 Å². The molecule has 0 atom stereocenters. The monoisotopic (exact) mass is 404 g/mol. The standard InChI is InChI=1S/C20H18Cl2N2O3/c1-2-3-6-11-24-19(25)15-8-5-4-7-14(15)18(23-24)20(26)27-17-12-13(21)9-10-16(17)22/h4-5,7-10,12H,2-3,6,11H2,1H3. The van der Waals surface area contributed by atoms with Gasteiger partial charge in [0.2, 0.25) is 0 Å². The smallest absolute Gasteiger partial charge is 0.364 e. The van der Waals surface area contributed by atoms with Crippen molar-refractivity contribution < 1.29 is 9.53 Å². The lowest BCUT2D eigenvalue weighted by Crippen LogP contribution is -2.27. The number of aryl methyl sites for hydroxylation is 1. The Kier molecular flexibility index (Phi) is 6.14. The summed E-state index contributed by atoms with van der Waals surface area (Å²) in [5, 5.41) is 5.79. The van der Waals surface area contributed by atoms with Gasteiger partial charge < -0.3 is 4.74 Å². The van der Waals surface area contributed by atoms with Crippen LogP contribution in [0.1, 0.15) is 36.7 Å². The molecular formula is C20H18Cl2N2O3. The average molecular weight is 405 g/mol. The molecule has 1 heterocycles. The van der Waals surface area contributed by atoms with Crippen LogP contribution in [0.25, 0.3) is 10.8 Å². The van der Waals surface area contributed by atoms with Crippen LogP contribution in [0.15, 0.2) is 47.3 Å². The fraction of sp³-hybridized carbons (Fsp3) is 0.250. The number of rotatable bonds is 6. The zero-order valence-corrected chi connectivity index (χ0v) is 16.3. The lowest BCUT2D eigenvalue weighted by molar-refractivity contribution is 0.0728. The molecule has 7 heteroatoms. The Hall–Kier alpha value is -2.37. The van der Waals surface area contributed by atoms with Crippen molar-refractivity contribution in [1.29, 1.82) is 0 Å². The Morgan fingerprint density at radius 2 is 1.85 bits per heavy atom. The molecule has 0 saturated heterocycles. The summed E-state index contributed by atoms with van der Waals surface area (Å²) in [6.07, 6.45) is 2.79. The average Bonchev–Trinajstić information content (AvgIpc) is 2.66. The minimum absolute atomic E-state index is 0.0674. The summed E-state index contributed by atoms with van der Waals surface area (Å²) in [6, 6.07) is 11.5. The van der Waals surface area contributed by atoms with Crippen molar-refractivity contribution >= 4 is 39.9 Å². The molecular weight excluding hydrogens is 387 g/mol. The maximum atomic E-state index is 12.8. The number of fused-ring (bicyclic) bond motifs is 1. The summed E-state index contributed by atoms with van der Waals surface area (Å²) in [7, 11) is 0. The van der Waals surface area contributed by atoms with Crippen molar-refractivity contribution in [3.63, 3.8) is 0 Å². The zero-order valence-electron chi connectivity index (χ0n) is 14.7. The predicted octanol–water partition coefficient (Wildman–Crippen LogP) is 5.11. The van der Waals surface area contributed by atoms with Crippen LogP contribution in [0.5, 0.6) is 5.75 Å². The van der Waals surface area contributed by atoms with E-state index in [0.29, 0.717) is 22.3 Å². The predicted molar refractivity (Wildman–Crippen MR) is 107 cm³/mol. The summed E-state index contributed by atoms with van der Waals surface area (Å²) in [6.45, 7) is 2.52. The highest BCUT2D eigenvalue weighted by molar-refractivity contribution is 6.34. The number of carbonyl (C=O) groups is 1.